The van der Waals surface area contributed by atoms with Crippen LogP contribution in [0.1, 0.15) is 23.6 Å². The molecule has 24 heavy (non-hydrogen) atoms. The Hall–Kier alpha value is -2.27. The molecule has 0 aromatic heterocycles. The van der Waals surface area contributed by atoms with E-state index in [2.05, 4.69) is 4.90 Å². The largest absolute Gasteiger partial charge is 0.493 e. The quantitative estimate of drug-likeness (QED) is 0.806. The minimum atomic E-state index is -0.200. The Kier molecular flexibility index (Phi) is 4.90. The summed E-state index contributed by atoms with van der Waals surface area (Å²) in [6.45, 7) is 1.79. The summed E-state index contributed by atoms with van der Waals surface area (Å²) in [4.78, 5) is 2.36. The van der Waals surface area contributed by atoms with Crippen molar-refractivity contribution < 1.29 is 18.6 Å². The zero-order valence-corrected chi connectivity index (χ0v) is 14.2. The van der Waals surface area contributed by atoms with E-state index in [1.165, 1.54) is 12.1 Å². The first-order chi connectivity index (χ1) is 11.7. The molecule has 0 aliphatic carbocycles. The first-order valence-electron chi connectivity index (χ1n) is 7.94. The minimum absolute atomic E-state index is 0.200. The van der Waals surface area contributed by atoms with E-state index in [0.717, 1.165) is 30.6 Å². The van der Waals surface area contributed by atoms with Crippen molar-refractivity contribution in [1.29, 1.82) is 0 Å². The first kappa shape index (κ1) is 16.6. The van der Waals surface area contributed by atoms with Crippen LogP contribution in [0, 0.1) is 5.82 Å². The third-order valence-electron chi connectivity index (χ3n) is 4.50. The van der Waals surface area contributed by atoms with E-state index in [0.29, 0.717) is 23.3 Å². The Morgan fingerprint density at radius 1 is 1.00 bits per heavy atom. The van der Waals surface area contributed by atoms with E-state index in [9.17, 15) is 4.39 Å². The van der Waals surface area contributed by atoms with Gasteiger partial charge in [-0.2, -0.15) is 0 Å². The van der Waals surface area contributed by atoms with Crippen LogP contribution in [0.4, 0.5) is 4.39 Å². The molecule has 2 aromatic rings. The van der Waals surface area contributed by atoms with E-state index in [1.54, 1.807) is 21.3 Å². The molecule has 3 rings (SSSR count). The summed E-state index contributed by atoms with van der Waals surface area (Å²) in [7, 11) is 4.83. The van der Waals surface area contributed by atoms with Crippen molar-refractivity contribution in [3.63, 3.8) is 0 Å². The average molecular weight is 331 g/mol. The van der Waals surface area contributed by atoms with Gasteiger partial charge >= 0.3 is 0 Å². The molecule has 128 valence electrons. The van der Waals surface area contributed by atoms with Gasteiger partial charge in [-0.1, -0.05) is 12.1 Å². The highest BCUT2D eigenvalue weighted by molar-refractivity contribution is 5.53. The Morgan fingerprint density at radius 3 is 2.08 bits per heavy atom. The van der Waals surface area contributed by atoms with Crippen LogP contribution >= 0.6 is 0 Å². The monoisotopic (exact) mass is 331 g/mol. The molecule has 5 heteroatoms. The maximum Gasteiger partial charge on any atom is 0.203 e. The number of rotatable bonds is 6. The Bertz CT molecular complexity index is 677. The number of methoxy groups -OCH3 is 3. The Labute approximate surface area is 141 Å². The molecule has 1 heterocycles. The fourth-order valence-electron chi connectivity index (χ4n) is 3.15. The molecule has 0 saturated carbocycles. The zero-order valence-electron chi connectivity index (χ0n) is 14.2. The van der Waals surface area contributed by atoms with Crippen molar-refractivity contribution in [2.75, 3.05) is 27.9 Å². The molecule has 1 aliphatic heterocycles. The highest BCUT2D eigenvalue weighted by Gasteiger charge is 2.29. The van der Waals surface area contributed by atoms with Crippen LogP contribution in [0.5, 0.6) is 17.2 Å². The van der Waals surface area contributed by atoms with Gasteiger partial charge in [-0.15, -0.1) is 0 Å². The van der Waals surface area contributed by atoms with Gasteiger partial charge in [0.15, 0.2) is 11.5 Å². The average Bonchev–Trinajstić information content (AvgIpc) is 2.59. The standard InChI is InChI=1S/C19H22FNO3/c1-22-17-10-13(11-18(23-2)19(17)24-3)12-21-9-8-16(21)14-4-6-15(20)7-5-14/h4-7,10-11,16H,8-9,12H2,1-3H3. The number of hydrogen-bond donors (Lipinski definition) is 0. The molecule has 2 aromatic carbocycles. The van der Waals surface area contributed by atoms with Gasteiger partial charge in [-0.3, -0.25) is 4.90 Å². The molecule has 1 aliphatic rings. The first-order valence-corrected chi connectivity index (χ1v) is 7.94. The lowest BCUT2D eigenvalue weighted by atomic mass is 9.94. The number of nitrogens with zero attached hydrogens (tertiary/aromatic N) is 1. The van der Waals surface area contributed by atoms with Crippen molar-refractivity contribution >= 4 is 0 Å². The van der Waals surface area contributed by atoms with Crippen LogP contribution in [0.2, 0.25) is 0 Å². The van der Waals surface area contributed by atoms with Crippen molar-refractivity contribution in [3.8, 4) is 17.2 Å². The highest BCUT2D eigenvalue weighted by atomic mass is 19.1. The summed E-state index contributed by atoms with van der Waals surface area (Å²) < 4.78 is 29.3. The lowest BCUT2D eigenvalue weighted by Gasteiger charge is -2.41. The topological polar surface area (TPSA) is 30.9 Å². The lowest BCUT2D eigenvalue weighted by Crippen LogP contribution is -2.40. The molecule has 1 atom stereocenters. The van der Waals surface area contributed by atoms with Gasteiger partial charge in [0.25, 0.3) is 0 Å². The molecule has 1 saturated heterocycles. The molecule has 1 fully saturated rings. The molecule has 0 spiro atoms. The lowest BCUT2D eigenvalue weighted by molar-refractivity contribution is 0.0816. The van der Waals surface area contributed by atoms with Gasteiger partial charge in [0.1, 0.15) is 5.82 Å². The summed E-state index contributed by atoms with van der Waals surface area (Å²) in [6.07, 6.45) is 1.08. The second kappa shape index (κ2) is 7.09. The molecular weight excluding hydrogens is 309 g/mol. The second-order valence-electron chi connectivity index (χ2n) is 5.86. The third-order valence-corrected chi connectivity index (χ3v) is 4.50. The maximum atomic E-state index is 13.1. The van der Waals surface area contributed by atoms with Crippen molar-refractivity contribution in [2.24, 2.45) is 0 Å². The molecule has 1 unspecified atom stereocenters. The molecule has 0 amide bonds. The molecule has 0 bridgehead atoms. The number of benzene rings is 2. The van der Waals surface area contributed by atoms with E-state index < -0.39 is 0 Å². The summed E-state index contributed by atoms with van der Waals surface area (Å²) >= 11 is 0. The smallest absolute Gasteiger partial charge is 0.203 e. The minimum Gasteiger partial charge on any atom is -0.493 e. The SMILES string of the molecule is COc1cc(CN2CCC2c2ccc(F)cc2)cc(OC)c1OC. The summed E-state index contributed by atoms with van der Waals surface area (Å²) in [5.74, 6) is 1.72. The third kappa shape index (κ3) is 3.17. The van der Waals surface area contributed by atoms with Gasteiger partial charge in [0.05, 0.1) is 21.3 Å². The van der Waals surface area contributed by atoms with Crippen molar-refractivity contribution in [1.82, 2.24) is 4.90 Å². The predicted octanol–water partition coefficient (Wildman–Crippen LogP) is 3.80. The van der Waals surface area contributed by atoms with Crippen LogP contribution < -0.4 is 14.2 Å². The van der Waals surface area contributed by atoms with Gasteiger partial charge in [0.2, 0.25) is 5.75 Å². The fraction of sp³-hybridized carbons (Fsp3) is 0.368. The maximum absolute atomic E-state index is 13.1. The summed E-state index contributed by atoms with van der Waals surface area (Å²) in [5.41, 5.74) is 2.24. The van der Waals surface area contributed by atoms with Crippen LogP contribution in [0.15, 0.2) is 36.4 Å². The number of halogens is 1. The highest BCUT2D eigenvalue weighted by Crippen LogP contribution is 2.40. The zero-order chi connectivity index (χ0) is 17.1. The number of ether oxygens (including phenoxy) is 3. The van der Waals surface area contributed by atoms with Crippen LogP contribution in [-0.2, 0) is 6.54 Å². The van der Waals surface area contributed by atoms with Gasteiger partial charge in [-0.05, 0) is 41.8 Å². The molecule has 0 radical (unpaired) electrons. The Morgan fingerprint density at radius 2 is 1.62 bits per heavy atom. The van der Waals surface area contributed by atoms with Crippen molar-refractivity contribution in [2.45, 2.75) is 19.0 Å². The van der Waals surface area contributed by atoms with E-state index in [-0.39, 0.29) is 5.82 Å². The summed E-state index contributed by atoms with van der Waals surface area (Å²) in [5, 5.41) is 0. The van der Waals surface area contributed by atoms with E-state index in [1.807, 2.05) is 24.3 Å². The van der Waals surface area contributed by atoms with E-state index in [4.69, 9.17) is 14.2 Å². The van der Waals surface area contributed by atoms with E-state index >= 15 is 0 Å². The fourth-order valence-corrected chi connectivity index (χ4v) is 3.15. The number of hydrogen-bond acceptors (Lipinski definition) is 4. The van der Waals surface area contributed by atoms with Crippen LogP contribution in [0.25, 0.3) is 0 Å². The molecular formula is C19H22FNO3. The molecule has 0 N–H and O–H groups in total. The van der Waals surface area contributed by atoms with Crippen LogP contribution in [0.3, 0.4) is 0 Å². The van der Waals surface area contributed by atoms with Gasteiger partial charge in [0, 0.05) is 19.1 Å². The Balaban J connectivity index is 1.79. The van der Waals surface area contributed by atoms with Crippen molar-refractivity contribution in [3.05, 3.63) is 53.3 Å². The van der Waals surface area contributed by atoms with Gasteiger partial charge < -0.3 is 14.2 Å². The van der Waals surface area contributed by atoms with Crippen LogP contribution in [-0.4, -0.2) is 32.8 Å². The summed E-state index contributed by atoms with van der Waals surface area (Å²) in [6, 6.07) is 11.0. The second-order valence-corrected chi connectivity index (χ2v) is 5.86. The van der Waals surface area contributed by atoms with Gasteiger partial charge in [-0.25, -0.2) is 4.39 Å². The normalized spacial score (nSPS) is 17.2. The predicted molar refractivity (Wildman–Crippen MR) is 90.3 cm³/mol. The molecule has 4 nitrogen and oxygen atoms in total. The number of likely N-dealkylation sites (tertiary alicyclic amines) is 1.